The van der Waals surface area contributed by atoms with Crippen LogP contribution in [0, 0.1) is 0 Å². The molecule has 3 aromatic rings. The Bertz CT molecular complexity index is 600. The first kappa shape index (κ1) is 8.49. The summed E-state index contributed by atoms with van der Waals surface area (Å²) in [5.74, 6) is 0.670. The number of hydrogen-bond donors (Lipinski definition) is 1. The third-order valence-corrected chi connectivity index (χ3v) is 2.51. The molecule has 4 nitrogen and oxygen atoms in total. The average molecular weight is 220 g/mol. The van der Waals surface area contributed by atoms with Crippen LogP contribution in [0.5, 0.6) is 0 Å². The predicted octanol–water partition coefficient (Wildman–Crippen LogP) is 2.87. The number of oxazole rings is 1. The van der Waals surface area contributed by atoms with Gasteiger partial charge >= 0.3 is 0 Å². The van der Waals surface area contributed by atoms with Gasteiger partial charge < -0.3 is 9.40 Å². The first-order chi connectivity index (χ1) is 7.34. The number of hydrogen-bond acceptors (Lipinski definition) is 3. The highest BCUT2D eigenvalue weighted by atomic mass is 35.5. The molecule has 0 bridgehead atoms. The van der Waals surface area contributed by atoms with Crippen molar-refractivity contribution in [3.63, 3.8) is 0 Å². The van der Waals surface area contributed by atoms with Gasteiger partial charge in [-0.15, -0.1) is 0 Å². The predicted molar refractivity (Wildman–Crippen MR) is 56.6 cm³/mol. The molecular formula is C10H6ClN3O. The molecule has 1 N–H and O–H groups in total. The lowest BCUT2D eigenvalue weighted by atomic mass is 10.3. The Hall–Kier alpha value is -1.81. The Balaban J connectivity index is 2.27. The van der Waals surface area contributed by atoms with Gasteiger partial charge in [-0.25, -0.2) is 9.97 Å². The Labute approximate surface area is 89.9 Å². The summed E-state index contributed by atoms with van der Waals surface area (Å²) < 4.78 is 5.18. The fraction of sp³-hybridized carbons (Fsp3) is 0. The van der Waals surface area contributed by atoms with Crippen LogP contribution in [0.4, 0.5) is 0 Å². The second-order valence-electron chi connectivity index (χ2n) is 3.10. The minimum atomic E-state index is 0.669. The molecule has 0 amide bonds. The van der Waals surface area contributed by atoms with Gasteiger partial charge in [0.1, 0.15) is 5.65 Å². The summed E-state index contributed by atoms with van der Waals surface area (Å²) in [7, 11) is 0. The van der Waals surface area contributed by atoms with Crippen molar-refractivity contribution in [2.45, 2.75) is 0 Å². The van der Waals surface area contributed by atoms with E-state index in [9.17, 15) is 0 Å². The van der Waals surface area contributed by atoms with Crippen LogP contribution in [0.2, 0.25) is 5.02 Å². The number of pyridine rings is 1. The summed E-state index contributed by atoms with van der Waals surface area (Å²) in [5.41, 5.74) is 1.57. The first-order valence-electron chi connectivity index (χ1n) is 4.37. The molecule has 5 heteroatoms. The molecule has 3 heterocycles. The molecule has 0 atom stereocenters. The van der Waals surface area contributed by atoms with Crippen molar-refractivity contribution in [3.8, 4) is 11.5 Å². The fourth-order valence-corrected chi connectivity index (χ4v) is 1.68. The van der Waals surface area contributed by atoms with E-state index in [4.69, 9.17) is 16.0 Å². The molecule has 0 saturated carbocycles. The summed E-state index contributed by atoms with van der Waals surface area (Å²) in [4.78, 5) is 11.1. The Kier molecular flexibility index (Phi) is 1.76. The third-order valence-electron chi connectivity index (χ3n) is 2.18. The SMILES string of the molecule is Clc1ccnc2[nH]c(-c3cnco3)cc12. The number of H-pyrrole nitrogens is 1. The van der Waals surface area contributed by atoms with Crippen LogP contribution in [0.3, 0.4) is 0 Å². The van der Waals surface area contributed by atoms with Crippen LogP contribution in [0.25, 0.3) is 22.5 Å². The highest BCUT2D eigenvalue weighted by Gasteiger charge is 2.08. The van der Waals surface area contributed by atoms with E-state index in [1.807, 2.05) is 6.07 Å². The summed E-state index contributed by atoms with van der Waals surface area (Å²) >= 11 is 6.03. The quantitative estimate of drug-likeness (QED) is 0.685. The topological polar surface area (TPSA) is 54.7 Å². The van der Waals surface area contributed by atoms with Crippen LogP contribution >= 0.6 is 11.6 Å². The van der Waals surface area contributed by atoms with Gasteiger partial charge in [-0.1, -0.05) is 11.6 Å². The second-order valence-corrected chi connectivity index (χ2v) is 3.51. The van der Waals surface area contributed by atoms with Crippen molar-refractivity contribution >= 4 is 22.6 Å². The molecule has 74 valence electrons. The van der Waals surface area contributed by atoms with Crippen molar-refractivity contribution in [2.24, 2.45) is 0 Å². The number of nitrogens with one attached hydrogen (secondary N) is 1. The van der Waals surface area contributed by atoms with Crippen molar-refractivity contribution < 1.29 is 4.42 Å². The normalized spacial score (nSPS) is 11.0. The number of fused-ring (bicyclic) bond motifs is 1. The van der Waals surface area contributed by atoms with E-state index in [1.54, 1.807) is 18.5 Å². The summed E-state index contributed by atoms with van der Waals surface area (Å²) in [6, 6.07) is 3.65. The van der Waals surface area contributed by atoms with Crippen LogP contribution < -0.4 is 0 Å². The minimum absolute atomic E-state index is 0.669. The molecule has 0 aliphatic heterocycles. The van der Waals surface area contributed by atoms with Gasteiger partial charge in [-0.3, -0.25) is 0 Å². The Morgan fingerprint density at radius 1 is 1.40 bits per heavy atom. The maximum atomic E-state index is 6.03. The van der Waals surface area contributed by atoms with Gasteiger partial charge in [-0.2, -0.15) is 0 Å². The number of rotatable bonds is 1. The zero-order chi connectivity index (χ0) is 10.3. The van der Waals surface area contributed by atoms with E-state index in [2.05, 4.69) is 15.0 Å². The van der Waals surface area contributed by atoms with E-state index in [0.717, 1.165) is 16.7 Å². The Morgan fingerprint density at radius 3 is 3.07 bits per heavy atom. The Morgan fingerprint density at radius 2 is 2.33 bits per heavy atom. The van der Waals surface area contributed by atoms with E-state index >= 15 is 0 Å². The second kappa shape index (κ2) is 3.10. The van der Waals surface area contributed by atoms with Gasteiger partial charge in [0.2, 0.25) is 0 Å². The van der Waals surface area contributed by atoms with Crippen LogP contribution in [-0.4, -0.2) is 15.0 Å². The number of aromatic nitrogens is 3. The van der Waals surface area contributed by atoms with Gasteiger partial charge in [0, 0.05) is 11.6 Å². The lowest BCUT2D eigenvalue weighted by Gasteiger charge is -1.89. The minimum Gasteiger partial charge on any atom is -0.442 e. The highest BCUT2D eigenvalue weighted by molar-refractivity contribution is 6.35. The van der Waals surface area contributed by atoms with Gasteiger partial charge in [-0.05, 0) is 12.1 Å². The summed E-state index contributed by atoms with van der Waals surface area (Å²) in [5, 5.41) is 1.55. The standard InChI is InChI=1S/C10H6ClN3O/c11-7-1-2-13-10-6(7)3-8(14-10)9-4-12-5-15-9/h1-5H,(H,13,14). The number of aromatic amines is 1. The van der Waals surface area contributed by atoms with Crippen molar-refractivity contribution in [3.05, 3.63) is 35.9 Å². The van der Waals surface area contributed by atoms with Gasteiger partial charge in [0.15, 0.2) is 12.2 Å². The molecular weight excluding hydrogens is 214 g/mol. The zero-order valence-corrected chi connectivity index (χ0v) is 8.32. The van der Waals surface area contributed by atoms with Crippen LogP contribution in [0.1, 0.15) is 0 Å². The van der Waals surface area contributed by atoms with Gasteiger partial charge in [0.05, 0.1) is 16.9 Å². The average Bonchev–Trinajstić information content (AvgIpc) is 2.86. The molecule has 0 aliphatic rings. The molecule has 0 aromatic carbocycles. The van der Waals surface area contributed by atoms with E-state index < -0.39 is 0 Å². The molecule has 3 aromatic heterocycles. The molecule has 0 fully saturated rings. The van der Waals surface area contributed by atoms with Crippen molar-refractivity contribution in [1.82, 2.24) is 15.0 Å². The van der Waals surface area contributed by atoms with Crippen molar-refractivity contribution in [2.75, 3.05) is 0 Å². The molecule has 0 aliphatic carbocycles. The number of nitrogens with zero attached hydrogens (tertiary/aromatic N) is 2. The molecule has 0 radical (unpaired) electrons. The molecule has 0 spiro atoms. The lowest BCUT2D eigenvalue weighted by Crippen LogP contribution is -1.75. The molecule has 15 heavy (non-hydrogen) atoms. The highest BCUT2D eigenvalue weighted by Crippen LogP contribution is 2.27. The van der Waals surface area contributed by atoms with E-state index in [0.29, 0.717) is 10.8 Å². The van der Waals surface area contributed by atoms with E-state index in [1.165, 1.54) is 6.39 Å². The molecule has 3 rings (SSSR count). The maximum absolute atomic E-state index is 6.03. The molecule has 0 saturated heterocycles. The number of halogens is 1. The summed E-state index contributed by atoms with van der Waals surface area (Å²) in [6.07, 6.45) is 4.68. The van der Waals surface area contributed by atoms with Gasteiger partial charge in [0.25, 0.3) is 0 Å². The smallest absolute Gasteiger partial charge is 0.181 e. The first-order valence-corrected chi connectivity index (χ1v) is 4.74. The monoisotopic (exact) mass is 219 g/mol. The van der Waals surface area contributed by atoms with Crippen molar-refractivity contribution in [1.29, 1.82) is 0 Å². The van der Waals surface area contributed by atoms with Crippen LogP contribution in [0.15, 0.2) is 35.3 Å². The lowest BCUT2D eigenvalue weighted by molar-refractivity contribution is 0.570. The molecule has 0 unspecified atom stereocenters. The maximum Gasteiger partial charge on any atom is 0.181 e. The summed E-state index contributed by atoms with van der Waals surface area (Å²) in [6.45, 7) is 0. The third kappa shape index (κ3) is 1.30. The zero-order valence-electron chi connectivity index (χ0n) is 7.57. The largest absolute Gasteiger partial charge is 0.442 e. The fourth-order valence-electron chi connectivity index (χ4n) is 1.48. The van der Waals surface area contributed by atoms with E-state index in [-0.39, 0.29) is 0 Å². The van der Waals surface area contributed by atoms with Crippen LogP contribution in [-0.2, 0) is 0 Å².